The molecule has 0 aliphatic carbocycles. The molecule has 0 heterocycles. The summed E-state index contributed by atoms with van der Waals surface area (Å²) in [5.74, 6) is 0.177. The van der Waals surface area contributed by atoms with Gasteiger partial charge in [-0.3, -0.25) is 4.79 Å². The molecule has 0 radical (unpaired) electrons. The van der Waals surface area contributed by atoms with Crippen LogP contribution in [0.2, 0.25) is 0 Å². The van der Waals surface area contributed by atoms with Gasteiger partial charge in [0.25, 0.3) is 0 Å². The van der Waals surface area contributed by atoms with E-state index in [0.717, 1.165) is 19.4 Å². The second-order valence-electron chi connectivity index (χ2n) is 4.44. The van der Waals surface area contributed by atoms with Crippen molar-refractivity contribution in [1.29, 1.82) is 0 Å². The molecule has 0 unspecified atom stereocenters. The van der Waals surface area contributed by atoms with Crippen LogP contribution in [0.5, 0.6) is 0 Å². The lowest BCUT2D eigenvalue weighted by Crippen LogP contribution is -2.28. The van der Waals surface area contributed by atoms with Crippen LogP contribution in [0.4, 0.5) is 0 Å². The van der Waals surface area contributed by atoms with Crippen molar-refractivity contribution < 1.29 is 6.22 Å². The molecular formula is C10H23NO. The molecule has 0 saturated heterocycles. The molecule has 0 atom stereocenters. The van der Waals surface area contributed by atoms with Crippen LogP contribution >= 0.6 is 0 Å². The summed E-state index contributed by atoms with van der Waals surface area (Å²) in [6.45, 7) is 9.17. The predicted molar refractivity (Wildman–Crippen MR) is 54.1 cm³/mol. The molecule has 0 fully saturated rings. The van der Waals surface area contributed by atoms with E-state index < -0.39 is 0 Å². The number of carbonyl (C=O) groups excluding carboxylic acids is 1. The molecule has 1 amide bonds. The molecule has 1 N–H and O–H groups in total. The number of amides is 1. The zero-order valence-electron chi connectivity index (χ0n) is 8.74. The van der Waals surface area contributed by atoms with E-state index in [9.17, 15) is 4.79 Å². The Kier molecular flexibility index (Phi) is 4.95. The summed E-state index contributed by atoms with van der Waals surface area (Å²) in [6.07, 6.45) is 2.84. The van der Waals surface area contributed by atoms with Gasteiger partial charge in [0.05, 0.1) is 0 Å². The Labute approximate surface area is 77.2 Å². The van der Waals surface area contributed by atoms with Crippen molar-refractivity contribution in [3.8, 4) is 0 Å². The summed E-state index contributed by atoms with van der Waals surface area (Å²) in [6, 6.07) is 0. The van der Waals surface area contributed by atoms with Gasteiger partial charge in [0, 0.05) is 14.4 Å². The van der Waals surface area contributed by atoms with E-state index in [1.807, 2.05) is 0 Å². The summed E-state index contributed by atoms with van der Waals surface area (Å²) < 4.78 is 0. The molecular weight excluding hydrogens is 150 g/mol. The van der Waals surface area contributed by atoms with Crippen LogP contribution in [0.1, 0.15) is 48.4 Å². The van der Waals surface area contributed by atoms with Crippen LogP contribution in [0, 0.1) is 5.41 Å². The fraction of sp³-hybridized carbons (Fsp3) is 0.900. The first kappa shape index (κ1) is 11.5. The van der Waals surface area contributed by atoms with Crippen LogP contribution in [-0.4, -0.2) is 12.5 Å². The smallest absolute Gasteiger partial charge is 0.220 e. The Bertz CT molecular complexity index is 140. The molecule has 0 aliphatic heterocycles. The van der Waals surface area contributed by atoms with Crippen molar-refractivity contribution in [2.45, 2.75) is 47.0 Å². The van der Waals surface area contributed by atoms with Crippen molar-refractivity contribution in [1.82, 2.24) is 5.32 Å². The fourth-order valence-corrected chi connectivity index (χ4v) is 0.949. The zero-order valence-corrected chi connectivity index (χ0v) is 8.74. The lowest BCUT2D eigenvalue weighted by atomic mass is 9.92. The lowest BCUT2D eigenvalue weighted by molar-refractivity contribution is -0.122. The van der Waals surface area contributed by atoms with E-state index in [-0.39, 0.29) is 12.7 Å². The van der Waals surface area contributed by atoms with Gasteiger partial charge in [-0.15, -0.1) is 0 Å². The van der Waals surface area contributed by atoms with Crippen LogP contribution in [0.25, 0.3) is 0 Å². The monoisotopic (exact) mass is 173 g/mol. The summed E-state index contributed by atoms with van der Waals surface area (Å²) in [5.41, 5.74) is 0.107. The van der Waals surface area contributed by atoms with Gasteiger partial charge in [-0.05, 0) is 11.8 Å². The topological polar surface area (TPSA) is 29.1 Å². The van der Waals surface area contributed by atoms with Gasteiger partial charge in [-0.25, -0.2) is 0 Å². The number of hydrogen-bond acceptors (Lipinski definition) is 1. The second-order valence-corrected chi connectivity index (χ2v) is 4.44. The molecule has 0 aromatic rings. The highest BCUT2D eigenvalue weighted by Crippen LogP contribution is 2.17. The third kappa shape index (κ3) is 7.58. The molecule has 0 bridgehead atoms. The van der Waals surface area contributed by atoms with Crippen molar-refractivity contribution in [3.05, 3.63) is 0 Å². The van der Waals surface area contributed by atoms with Gasteiger partial charge in [-0.2, -0.15) is 0 Å². The largest absolute Gasteiger partial charge is 0.356 e. The van der Waals surface area contributed by atoms with Crippen LogP contribution in [0.3, 0.4) is 0 Å². The lowest BCUT2D eigenvalue weighted by Gasteiger charge is -2.17. The van der Waals surface area contributed by atoms with E-state index in [4.69, 9.17) is 0 Å². The third-order valence-corrected chi connectivity index (χ3v) is 1.54. The average molecular weight is 173 g/mol. The van der Waals surface area contributed by atoms with Crippen molar-refractivity contribution in [2.24, 2.45) is 5.41 Å². The minimum Gasteiger partial charge on any atom is -0.356 e. The Morgan fingerprint density at radius 3 is 2.42 bits per heavy atom. The fourth-order valence-electron chi connectivity index (χ4n) is 0.949. The highest BCUT2D eigenvalue weighted by atomic mass is 16.1. The molecule has 0 aromatic carbocycles. The molecule has 0 rings (SSSR count). The van der Waals surface area contributed by atoms with E-state index in [1.54, 1.807) is 0 Å². The van der Waals surface area contributed by atoms with E-state index in [2.05, 4.69) is 33.0 Å². The quantitative estimate of drug-likeness (QED) is 0.650. The van der Waals surface area contributed by atoms with Crippen molar-refractivity contribution in [2.75, 3.05) is 6.54 Å². The molecule has 0 aliphatic rings. The van der Waals surface area contributed by atoms with E-state index in [1.165, 1.54) is 0 Å². The van der Waals surface area contributed by atoms with Gasteiger partial charge in [0.15, 0.2) is 0 Å². The van der Waals surface area contributed by atoms with Crippen LogP contribution < -0.4 is 5.32 Å². The first-order valence-corrected chi connectivity index (χ1v) is 4.72. The standard InChI is InChI=1S/C10H21NO.H2/c1-5-6-7-11-9(12)8-10(2,3)4;/h5-8H2,1-4H3,(H,11,12);1H. The van der Waals surface area contributed by atoms with E-state index in [0.29, 0.717) is 6.42 Å². The number of rotatable bonds is 4. The molecule has 74 valence electrons. The number of unbranched alkanes of at least 4 members (excludes halogenated alkanes) is 1. The summed E-state index contributed by atoms with van der Waals surface area (Å²) in [4.78, 5) is 11.2. The minimum atomic E-state index is 0. The molecule has 12 heavy (non-hydrogen) atoms. The SMILES string of the molecule is CCCCNC(=O)CC(C)(C)C.[HH]. The third-order valence-electron chi connectivity index (χ3n) is 1.54. The minimum absolute atomic E-state index is 0. The highest BCUT2D eigenvalue weighted by molar-refractivity contribution is 5.76. The van der Waals surface area contributed by atoms with Gasteiger partial charge in [0.1, 0.15) is 0 Å². The average Bonchev–Trinajstić information content (AvgIpc) is 1.84. The maximum Gasteiger partial charge on any atom is 0.220 e. The highest BCUT2D eigenvalue weighted by Gasteiger charge is 2.14. The molecule has 0 aromatic heterocycles. The summed E-state index contributed by atoms with van der Waals surface area (Å²) in [7, 11) is 0. The van der Waals surface area contributed by atoms with Gasteiger partial charge < -0.3 is 5.32 Å². The van der Waals surface area contributed by atoms with Crippen LogP contribution in [0.15, 0.2) is 0 Å². The maximum absolute atomic E-state index is 11.2. The number of carbonyl (C=O) groups is 1. The second kappa shape index (κ2) is 5.18. The van der Waals surface area contributed by atoms with Crippen LogP contribution in [-0.2, 0) is 4.79 Å². The predicted octanol–water partition coefficient (Wildman–Crippen LogP) is 2.58. The first-order chi connectivity index (χ1) is 5.45. The first-order valence-electron chi connectivity index (χ1n) is 4.72. The Hall–Kier alpha value is -0.530. The van der Waals surface area contributed by atoms with Gasteiger partial charge in [0.2, 0.25) is 5.91 Å². The Balaban J connectivity index is 0. The zero-order chi connectivity index (χ0) is 9.61. The summed E-state index contributed by atoms with van der Waals surface area (Å²) in [5, 5.41) is 2.90. The normalized spacial score (nSPS) is 11.3. The van der Waals surface area contributed by atoms with Gasteiger partial charge >= 0.3 is 0 Å². The van der Waals surface area contributed by atoms with Crippen molar-refractivity contribution in [3.63, 3.8) is 0 Å². The Morgan fingerprint density at radius 1 is 1.42 bits per heavy atom. The Morgan fingerprint density at radius 2 is 2.00 bits per heavy atom. The molecule has 2 heteroatoms. The molecule has 0 spiro atoms. The van der Waals surface area contributed by atoms with Gasteiger partial charge in [-0.1, -0.05) is 34.1 Å². The number of hydrogen-bond donors (Lipinski definition) is 1. The maximum atomic E-state index is 11.2. The molecule has 2 nitrogen and oxygen atoms in total. The van der Waals surface area contributed by atoms with E-state index >= 15 is 0 Å². The molecule has 0 saturated carbocycles. The summed E-state index contributed by atoms with van der Waals surface area (Å²) >= 11 is 0. The number of nitrogens with one attached hydrogen (secondary N) is 1. The van der Waals surface area contributed by atoms with Crippen molar-refractivity contribution >= 4 is 5.91 Å².